The number of fused-ring (bicyclic) bond motifs is 1. The summed E-state index contributed by atoms with van der Waals surface area (Å²) in [6, 6.07) is 4.98. The second-order valence-corrected chi connectivity index (χ2v) is 5.44. The van der Waals surface area contributed by atoms with E-state index in [4.69, 9.17) is 0 Å². The van der Waals surface area contributed by atoms with E-state index in [-0.39, 0.29) is 11.7 Å². The summed E-state index contributed by atoms with van der Waals surface area (Å²) in [5.41, 5.74) is 0.954. The standard InChI is InChI=1S/C14H15NO3S/c1-4-11(16)8-5-6-10-9(7-8)14(2,3)12(17)15(10)13(18)19/h5-7H,4H2,1-3H3,(H,18,19). The summed E-state index contributed by atoms with van der Waals surface area (Å²) in [6.45, 7) is 5.27. The van der Waals surface area contributed by atoms with E-state index in [9.17, 15) is 14.4 Å². The zero-order valence-corrected chi connectivity index (χ0v) is 12.0. The van der Waals surface area contributed by atoms with Crippen LogP contribution in [-0.4, -0.2) is 16.9 Å². The zero-order chi connectivity index (χ0) is 14.4. The minimum Gasteiger partial charge on any atom is -0.294 e. The summed E-state index contributed by atoms with van der Waals surface area (Å²) >= 11 is 3.74. The first kappa shape index (κ1) is 13.8. The molecule has 0 unspecified atom stereocenters. The van der Waals surface area contributed by atoms with Crippen molar-refractivity contribution in [3.63, 3.8) is 0 Å². The molecule has 0 aliphatic carbocycles. The van der Waals surface area contributed by atoms with Crippen LogP contribution < -0.4 is 4.90 Å². The van der Waals surface area contributed by atoms with Gasteiger partial charge in [-0.3, -0.25) is 14.4 Å². The maximum absolute atomic E-state index is 12.2. The second kappa shape index (κ2) is 4.49. The molecule has 0 atom stereocenters. The van der Waals surface area contributed by atoms with E-state index in [0.717, 1.165) is 4.90 Å². The minimum absolute atomic E-state index is 0.0155. The molecule has 19 heavy (non-hydrogen) atoms. The largest absolute Gasteiger partial charge is 0.294 e. The summed E-state index contributed by atoms with van der Waals surface area (Å²) in [6.07, 6.45) is 0.405. The number of thiol groups is 1. The summed E-state index contributed by atoms with van der Waals surface area (Å²) < 4.78 is 0. The number of rotatable bonds is 2. The van der Waals surface area contributed by atoms with Crippen LogP contribution in [0, 0.1) is 0 Å². The molecule has 0 radical (unpaired) electrons. The molecule has 1 aliphatic rings. The molecule has 0 N–H and O–H groups in total. The van der Waals surface area contributed by atoms with Gasteiger partial charge in [0.05, 0.1) is 11.1 Å². The predicted octanol–water partition coefficient (Wildman–Crippen LogP) is 2.95. The van der Waals surface area contributed by atoms with Gasteiger partial charge in [0.2, 0.25) is 5.91 Å². The lowest BCUT2D eigenvalue weighted by molar-refractivity contribution is -0.121. The van der Waals surface area contributed by atoms with Gasteiger partial charge in [0.15, 0.2) is 5.78 Å². The summed E-state index contributed by atoms with van der Waals surface area (Å²) in [5, 5.41) is -0.605. The minimum atomic E-state index is -0.822. The van der Waals surface area contributed by atoms with Crippen molar-refractivity contribution >= 4 is 35.2 Å². The van der Waals surface area contributed by atoms with Gasteiger partial charge in [-0.05, 0) is 37.6 Å². The van der Waals surface area contributed by atoms with Crippen molar-refractivity contribution in [2.24, 2.45) is 0 Å². The maximum atomic E-state index is 12.2. The van der Waals surface area contributed by atoms with Gasteiger partial charge < -0.3 is 0 Å². The van der Waals surface area contributed by atoms with Crippen molar-refractivity contribution in [3.8, 4) is 0 Å². The number of carbonyl (C=O) groups excluding carboxylic acids is 3. The molecule has 0 aromatic heterocycles. The van der Waals surface area contributed by atoms with Crippen LogP contribution in [0.15, 0.2) is 18.2 Å². The van der Waals surface area contributed by atoms with Gasteiger partial charge >= 0.3 is 0 Å². The summed E-state index contributed by atoms with van der Waals surface area (Å²) in [4.78, 5) is 36.5. The quantitative estimate of drug-likeness (QED) is 0.668. The molecule has 2 rings (SSSR count). The van der Waals surface area contributed by atoms with Crippen LogP contribution in [-0.2, 0) is 10.2 Å². The van der Waals surface area contributed by atoms with E-state index >= 15 is 0 Å². The molecule has 1 aromatic carbocycles. The first-order valence-corrected chi connectivity index (χ1v) is 6.50. The fourth-order valence-corrected chi connectivity index (χ4v) is 2.50. The van der Waals surface area contributed by atoms with Crippen LogP contribution in [0.1, 0.15) is 43.1 Å². The lowest BCUT2D eigenvalue weighted by atomic mass is 9.85. The Labute approximate surface area is 117 Å². The van der Waals surface area contributed by atoms with Crippen LogP contribution in [0.4, 0.5) is 10.5 Å². The highest BCUT2D eigenvalue weighted by Gasteiger charge is 2.46. The lowest BCUT2D eigenvalue weighted by Gasteiger charge is -2.17. The number of hydrogen-bond acceptors (Lipinski definition) is 3. The van der Waals surface area contributed by atoms with E-state index in [2.05, 4.69) is 12.6 Å². The first-order valence-electron chi connectivity index (χ1n) is 6.06. The van der Waals surface area contributed by atoms with Crippen LogP contribution in [0.3, 0.4) is 0 Å². The molecular formula is C14H15NO3S. The van der Waals surface area contributed by atoms with Crippen LogP contribution in [0.2, 0.25) is 0 Å². The Balaban J connectivity index is 2.63. The molecule has 2 amide bonds. The number of imide groups is 1. The Morgan fingerprint density at radius 1 is 1.32 bits per heavy atom. The Hall–Kier alpha value is -1.62. The molecule has 1 aromatic rings. The van der Waals surface area contributed by atoms with Gasteiger partial charge in [-0.15, -0.1) is 0 Å². The molecule has 0 saturated carbocycles. The Bertz CT molecular complexity index is 592. The third kappa shape index (κ3) is 1.98. The third-order valence-corrected chi connectivity index (χ3v) is 3.68. The number of benzene rings is 1. The monoisotopic (exact) mass is 277 g/mol. The van der Waals surface area contributed by atoms with E-state index in [1.807, 2.05) is 0 Å². The van der Waals surface area contributed by atoms with Gasteiger partial charge in [0, 0.05) is 12.0 Å². The van der Waals surface area contributed by atoms with E-state index in [1.54, 1.807) is 39.0 Å². The molecule has 1 heterocycles. The fraction of sp³-hybridized carbons (Fsp3) is 0.357. The SMILES string of the molecule is CCC(=O)c1ccc2c(c1)C(C)(C)C(=O)N2C(=O)S. The van der Waals surface area contributed by atoms with E-state index in [1.165, 1.54) is 0 Å². The van der Waals surface area contributed by atoms with Crippen molar-refractivity contribution in [1.82, 2.24) is 0 Å². The molecule has 0 bridgehead atoms. The van der Waals surface area contributed by atoms with Gasteiger partial charge in [0.25, 0.3) is 5.24 Å². The molecule has 0 saturated heterocycles. The maximum Gasteiger partial charge on any atom is 0.289 e. The highest BCUT2D eigenvalue weighted by molar-refractivity contribution is 7.97. The van der Waals surface area contributed by atoms with Gasteiger partial charge in [-0.25, -0.2) is 4.90 Å². The average molecular weight is 277 g/mol. The highest BCUT2D eigenvalue weighted by Crippen LogP contribution is 2.42. The molecule has 5 heteroatoms. The Kier molecular flexibility index (Phi) is 3.26. The van der Waals surface area contributed by atoms with Crippen LogP contribution in [0.5, 0.6) is 0 Å². The number of amides is 2. The van der Waals surface area contributed by atoms with Crippen molar-refractivity contribution < 1.29 is 14.4 Å². The zero-order valence-electron chi connectivity index (χ0n) is 11.1. The number of nitrogens with zero attached hydrogens (tertiary/aromatic N) is 1. The fourth-order valence-electron chi connectivity index (χ4n) is 2.30. The molecular weight excluding hydrogens is 262 g/mol. The predicted molar refractivity (Wildman–Crippen MR) is 76.0 cm³/mol. The van der Waals surface area contributed by atoms with E-state index < -0.39 is 10.7 Å². The van der Waals surface area contributed by atoms with Crippen molar-refractivity contribution in [1.29, 1.82) is 0 Å². The molecule has 0 spiro atoms. The topological polar surface area (TPSA) is 54.5 Å². The smallest absolute Gasteiger partial charge is 0.289 e. The van der Waals surface area contributed by atoms with Crippen LogP contribution in [0.25, 0.3) is 0 Å². The van der Waals surface area contributed by atoms with Gasteiger partial charge in [0.1, 0.15) is 0 Å². The average Bonchev–Trinajstić information content (AvgIpc) is 2.56. The molecule has 0 fully saturated rings. The normalized spacial score (nSPS) is 16.4. The van der Waals surface area contributed by atoms with Gasteiger partial charge in [-0.2, -0.15) is 0 Å². The van der Waals surface area contributed by atoms with Crippen molar-refractivity contribution in [3.05, 3.63) is 29.3 Å². The second-order valence-electron chi connectivity index (χ2n) is 5.06. The van der Waals surface area contributed by atoms with Crippen molar-refractivity contribution in [2.75, 3.05) is 4.90 Å². The Morgan fingerprint density at radius 2 is 1.95 bits per heavy atom. The van der Waals surface area contributed by atoms with E-state index in [0.29, 0.717) is 23.2 Å². The highest BCUT2D eigenvalue weighted by atomic mass is 32.1. The summed E-state index contributed by atoms with van der Waals surface area (Å²) in [7, 11) is 0. The molecule has 4 nitrogen and oxygen atoms in total. The number of anilines is 1. The number of ketones is 1. The number of hydrogen-bond donors (Lipinski definition) is 1. The van der Waals surface area contributed by atoms with Crippen molar-refractivity contribution in [2.45, 2.75) is 32.6 Å². The molecule has 1 aliphatic heterocycles. The molecule has 100 valence electrons. The number of carbonyl (C=O) groups is 3. The Morgan fingerprint density at radius 3 is 2.47 bits per heavy atom. The van der Waals surface area contributed by atoms with Gasteiger partial charge in [-0.1, -0.05) is 19.6 Å². The lowest BCUT2D eigenvalue weighted by Crippen LogP contribution is -2.37. The first-order chi connectivity index (χ1) is 8.80. The summed E-state index contributed by atoms with van der Waals surface area (Å²) in [5.74, 6) is -0.301. The van der Waals surface area contributed by atoms with Crippen LogP contribution >= 0.6 is 12.6 Å². The number of Topliss-reactive ketones (excluding diaryl/α,β-unsaturated/α-hetero) is 1. The third-order valence-electron chi connectivity index (χ3n) is 3.48.